The summed E-state index contributed by atoms with van der Waals surface area (Å²) in [7, 11) is 1.98. The van der Waals surface area contributed by atoms with E-state index in [0.29, 0.717) is 6.04 Å². The molecule has 0 fully saturated rings. The molecule has 1 nitrogen and oxygen atoms in total. The standard InChI is InChI=1S/C8H16NS/c1-4-5-6-8(2)9(3)7-10/h8H,4-6H2,1-3H3. The third-order valence-electron chi connectivity index (χ3n) is 1.78. The third kappa shape index (κ3) is 3.83. The Bertz CT molecular complexity index is 93.3. The summed E-state index contributed by atoms with van der Waals surface area (Å²) in [5, 5.41) is 0. The maximum absolute atomic E-state index is 4.68. The molecule has 0 saturated heterocycles. The van der Waals surface area contributed by atoms with E-state index < -0.39 is 0 Å². The number of thiocarbonyl (C=S) groups is 1. The zero-order valence-electron chi connectivity index (χ0n) is 7.05. The summed E-state index contributed by atoms with van der Waals surface area (Å²) in [6, 6.07) is 0.553. The summed E-state index contributed by atoms with van der Waals surface area (Å²) >= 11 is 4.68. The Morgan fingerprint density at radius 3 is 2.60 bits per heavy atom. The minimum absolute atomic E-state index is 0.553. The molecule has 2 heteroatoms. The van der Waals surface area contributed by atoms with Gasteiger partial charge in [-0.25, -0.2) is 0 Å². The predicted octanol–water partition coefficient (Wildman–Crippen LogP) is 2.33. The molecule has 0 N–H and O–H groups in total. The van der Waals surface area contributed by atoms with Crippen LogP contribution in [0.1, 0.15) is 33.1 Å². The van der Waals surface area contributed by atoms with Gasteiger partial charge in [0.25, 0.3) is 0 Å². The van der Waals surface area contributed by atoms with E-state index in [9.17, 15) is 0 Å². The Labute approximate surface area is 69.4 Å². The van der Waals surface area contributed by atoms with Gasteiger partial charge >= 0.3 is 0 Å². The lowest BCUT2D eigenvalue weighted by Crippen LogP contribution is -2.26. The first-order valence-corrected chi connectivity index (χ1v) is 4.23. The largest absolute Gasteiger partial charge is 0.361 e. The van der Waals surface area contributed by atoms with Gasteiger partial charge in [0.05, 0.1) is 0 Å². The quantitative estimate of drug-likeness (QED) is 0.446. The molecular weight excluding hydrogens is 142 g/mol. The summed E-state index contributed by atoms with van der Waals surface area (Å²) in [6.45, 7) is 4.38. The Hall–Kier alpha value is -0.110. The van der Waals surface area contributed by atoms with Crippen molar-refractivity contribution in [3.05, 3.63) is 0 Å². The second-order valence-corrected chi connectivity index (χ2v) is 2.88. The number of unbranched alkanes of at least 4 members (excludes halogenated alkanes) is 1. The minimum atomic E-state index is 0.553. The van der Waals surface area contributed by atoms with E-state index in [0.717, 1.165) is 0 Å². The van der Waals surface area contributed by atoms with Crippen LogP contribution in [0.4, 0.5) is 0 Å². The molecule has 0 aliphatic carbocycles. The lowest BCUT2D eigenvalue weighted by atomic mass is 10.1. The highest BCUT2D eigenvalue weighted by atomic mass is 32.1. The van der Waals surface area contributed by atoms with Crippen LogP contribution in [0.25, 0.3) is 0 Å². The van der Waals surface area contributed by atoms with Crippen molar-refractivity contribution in [2.45, 2.75) is 39.2 Å². The lowest BCUT2D eigenvalue weighted by Gasteiger charge is -2.20. The van der Waals surface area contributed by atoms with Crippen LogP contribution in [0.15, 0.2) is 0 Å². The van der Waals surface area contributed by atoms with Crippen LogP contribution < -0.4 is 0 Å². The Morgan fingerprint density at radius 1 is 1.60 bits per heavy atom. The average molecular weight is 158 g/mol. The highest BCUT2D eigenvalue weighted by molar-refractivity contribution is 7.78. The molecular formula is C8H16NS. The summed E-state index contributed by atoms with van der Waals surface area (Å²) < 4.78 is 0. The highest BCUT2D eigenvalue weighted by Gasteiger charge is 2.03. The SMILES string of the molecule is CCCCC(C)N(C)[C]=S. The fourth-order valence-electron chi connectivity index (χ4n) is 0.783. The van der Waals surface area contributed by atoms with Crippen molar-refractivity contribution in [2.24, 2.45) is 0 Å². The van der Waals surface area contributed by atoms with E-state index in [-0.39, 0.29) is 0 Å². The first kappa shape index (κ1) is 9.89. The van der Waals surface area contributed by atoms with Gasteiger partial charge in [-0.1, -0.05) is 32.0 Å². The van der Waals surface area contributed by atoms with Crippen LogP contribution in [0.3, 0.4) is 0 Å². The fraction of sp³-hybridized carbons (Fsp3) is 0.875. The molecule has 0 amide bonds. The molecule has 0 aliphatic heterocycles. The Kier molecular flexibility index (Phi) is 5.60. The molecule has 59 valence electrons. The Morgan fingerprint density at radius 2 is 2.20 bits per heavy atom. The van der Waals surface area contributed by atoms with E-state index >= 15 is 0 Å². The van der Waals surface area contributed by atoms with Crippen LogP contribution in [-0.4, -0.2) is 23.5 Å². The molecule has 0 heterocycles. The lowest BCUT2D eigenvalue weighted by molar-refractivity contribution is 0.374. The van der Waals surface area contributed by atoms with E-state index in [2.05, 4.69) is 31.6 Å². The average Bonchev–Trinajstić information content (AvgIpc) is 1.98. The van der Waals surface area contributed by atoms with Crippen LogP contribution in [0.2, 0.25) is 0 Å². The molecule has 1 radical (unpaired) electrons. The number of rotatable bonds is 5. The molecule has 1 atom stereocenters. The van der Waals surface area contributed by atoms with Crippen molar-refractivity contribution < 1.29 is 0 Å². The molecule has 0 bridgehead atoms. The second-order valence-electron chi connectivity index (χ2n) is 2.69. The van der Waals surface area contributed by atoms with Crippen LogP contribution >= 0.6 is 12.2 Å². The van der Waals surface area contributed by atoms with Crippen molar-refractivity contribution in [3.63, 3.8) is 0 Å². The van der Waals surface area contributed by atoms with Crippen LogP contribution in [0, 0.1) is 0 Å². The zero-order valence-corrected chi connectivity index (χ0v) is 7.87. The molecule has 0 aromatic rings. The zero-order chi connectivity index (χ0) is 7.98. The molecule has 0 aromatic carbocycles. The number of hydrogen-bond acceptors (Lipinski definition) is 1. The van der Waals surface area contributed by atoms with Crippen molar-refractivity contribution in [1.29, 1.82) is 0 Å². The van der Waals surface area contributed by atoms with Gasteiger partial charge in [0.1, 0.15) is 5.49 Å². The van der Waals surface area contributed by atoms with E-state index in [1.54, 1.807) is 0 Å². The first-order chi connectivity index (χ1) is 4.72. The van der Waals surface area contributed by atoms with Gasteiger partial charge < -0.3 is 4.90 Å². The van der Waals surface area contributed by atoms with Crippen molar-refractivity contribution in [3.8, 4) is 0 Å². The van der Waals surface area contributed by atoms with Gasteiger partial charge in [0, 0.05) is 13.1 Å². The normalized spacial score (nSPS) is 12.7. The van der Waals surface area contributed by atoms with Gasteiger partial charge in [0.2, 0.25) is 0 Å². The maximum atomic E-state index is 4.68. The second kappa shape index (κ2) is 5.66. The van der Waals surface area contributed by atoms with Gasteiger partial charge in [-0.05, 0) is 13.3 Å². The van der Waals surface area contributed by atoms with E-state index in [1.165, 1.54) is 19.3 Å². The van der Waals surface area contributed by atoms with Crippen molar-refractivity contribution >= 4 is 17.7 Å². The molecule has 1 unspecified atom stereocenters. The van der Waals surface area contributed by atoms with Gasteiger partial charge in [0.15, 0.2) is 0 Å². The van der Waals surface area contributed by atoms with E-state index in [1.807, 2.05) is 11.9 Å². The molecule has 10 heavy (non-hydrogen) atoms. The van der Waals surface area contributed by atoms with Gasteiger partial charge in [-0.3, -0.25) is 0 Å². The summed E-state index contributed by atoms with van der Waals surface area (Å²) in [5.74, 6) is 0. The van der Waals surface area contributed by atoms with Crippen molar-refractivity contribution in [2.75, 3.05) is 7.05 Å². The van der Waals surface area contributed by atoms with Gasteiger partial charge in [-0.15, -0.1) is 0 Å². The van der Waals surface area contributed by atoms with Gasteiger partial charge in [-0.2, -0.15) is 0 Å². The first-order valence-electron chi connectivity index (χ1n) is 3.83. The maximum Gasteiger partial charge on any atom is 0.136 e. The van der Waals surface area contributed by atoms with Crippen LogP contribution in [-0.2, 0) is 0 Å². The van der Waals surface area contributed by atoms with Crippen molar-refractivity contribution in [1.82, 2.24) is 4.90 Å². The number of nitrogens with zero attached hydrogens (tertiary/aromatic N) is 1. The molecule has 0 saturated carbocycles. The minimum Gasteiger partial charge on any atom is -0.361 e. The molecule has 0 rings (SSSR count). The summed E-state index contributed by atoms with van der Waals surface area (Å²) in [4.78, 5) is 1.96. The highest BCUT2D eigenvalue weighted by Crippen LogP contribution is 2.04. The molecule has 0 aliphatic rings. The predicted molar refractivity (Wildman–Crippen MR) is 49.3 cm³/mol. The Balaban J connectivity index is 3.40. The van der Waals surface area contributed by atoms with E-state index in [4.69, 9.17) is 0 Å². The summed E-state index contributed by atoms with van der Waals surface area (Å²) in [6.07, 6.45) is 3.76. The summed E-state index contributed by atoms with van der Waals surface area (Å²) in [5.41, 5.74) is 2.69. The number of hydrogen-bond donors (Lipinski definition) is 0. The topological polar surface area (TPSA) is 3.24 Å². The van der Waals surface area contributed by atoms with Crippen LogP contribution in [0.5, 0.6) is 0 Å². The molecule has 0 aromatic heterocycles. The fourth-order valence-corrected chi connectivity index (χ4v) is 0.963. The smallest absolute Gasteiger partial charge is 0.136 e. The third-order valence-corrected chi connectivity index (χ3v) is 2.07. The monoisotopic (exact) mass is 158 g/mol. The molecule has 0 spiro atoms.